The van der Waals surface area contributed by atoms with Gasteiger partial charge in [-0.3, -0.25) is 0 Å². The van der Waals surface area contributed by atoms with E-state index in [1.165, 1.54) is 0 Å². The maximum absolute atomic E-state index is 11.9. The third-order valence-corrected chi connectivity index (χ3v) is 3.82. The van der Waals surface area contributed by atoms with Crippen molar-refractivity contribution in [2.45, 2.75) is 5.75 Å². The summed E-state index contributed by atoms with van der Waals surface area (Å²) >= 11 is 0. The molecule has 0 amide bonds. The van der Waals surface area contributed by atoms with E-state index >= 15 is 0 Å². The van der Waals surface area contributed by atoms with E-state index in [2.05, 4.69) is 0 Å². The predicted octanol–water partition coefficient (Wildman–Crippen LogP) is 0.866. The van der Waals surface area contributed by atoms with Crippen molar-refractivity contribution in [2.75, 3.05) is 13.1 Å². The second-order valence-corrected chi connectivity index (χ2v) is 5.30. The van der Waals surface area contributed by atoms with Crippen LogP contribution in [0.4, 0.5) is 0 Å². The first-order valence-corrected chi connectivity index (χ1v) is 6.46. The van der Waals surface area contributed by atoms with E-state index in [0.29, 0.717) is 5.56 Å². The van der Waals surface area contributed by atoms with Crippen LogP contribution in [0.2, 0.25) is 0 Å². The molecule has 5 nitrogen and oxygen atoms in total. The molecule has 1 rings (SSSR count). The van der Waals surface area contributed by atoms with Crippen LogP contribution < -0.4 is 0 Å². The zero-order chi connectivity index (χ0) is 12.7. The molecule has 0 aliphatic rings. The summed E-state index contributed by atoms with van der Waals surface area (Å²) in [5.74, 6) is -0.197. The maximum atomic E-state index is 11.9. The topological polar surface area (TPSA) is 85.0 Å². The molecule has 88 valence electrons. The highest BCUT2D eigenvalue weighted by atomic mass is 32.2. The number of nitriles is 2. The third kappa shape index (κ3) is 3.87. The van der Waals surface area contributed by atoms with Crippen molar-refractivity contribution in [1.29, 1.82) is 10.5 Å². The van der Waals surface area contributed by atoms with E-state index in [9.17, 15) is 8.42 Å². The molecular weight excluding hydrogens is 238 g/mol. The minimum absolute atomic E-state index is 0.197. The van der Waals surface area contributed by atoms with Crippen molar-refractivity contribution in [1.82, 2.24) is 4.31 Å². The van der Waals surface area contributed by atoms with Gasteiger partial charge in [-0.25, -0.2) is 8.42 Å². The van der Waals surface area contributed by atoms with Crippen molar-refractivity contribution in [3.8, 4) is 12.1 Å². The SMILES string of the molecule is N#CCN(CC#N)S(=O)(=O)Cc1ccccc1. The molecule has 0 saturated carbocycles. The van der Waals surface area contributed by atoms with Crippen LogP contribution in [-0.2, 0) is 15.8 Å². The Hall–Kier alpha value is -1.89. The summed E-state index contributed by atoms with van der Waals surface area (Å²) in [6, 6.07) is 12.1. The first-order valence-electron chi connectivity index (χ1n) is 4.86. The minimum Gasteiger partial charge on any atom is -0.212 e. The highest BCUT2D eigenvalue weighted by Crippen LogP contribution is 2.09. The van der Waals surface area contributed by atoms with Gasteiger partial charge >= 0.3 is 0 Å². The molecule has 0 saturated heterocycles. The molecule has 6 heteroatoms. The van der Waals surface area contributed by atoms with Crippen LogP contribution in [0, 0.1) is 22.7 Å². The fourth-order valence-electron chi connectivity index (χ4n) is 1.29. The Morgan fingerprint density at radius 3 is 2.06 bits per heavy atom. The standard InChI is InChI=1S/C11H11N3O2S/c12-6-8-14(9-7-13)17(15,16)10-11-4-2-1-3-5-11/h1-5H,8-10H2. The first kappa shape index (κ1) is 13.2. The quantitative estimate of drug-likeness (QED) is 0.724. The molecular formula is C11H11N3O2S. The van der Waals surface area contributed by atoms with Crippen LogP contribution in [0.15, 0.2) is 30.3 Å². The molecule has 0 unspecified atom stereocenters. The number of hydrogen-bond acceptors (Lipinski definition) is 4. The van der Waals surface area contributed by atoms with Gasteiger partial charge in [-0.1, -0.05) is 30.3 Å². The van der Waals surface area contributed by atoms with Gasteiger partial charge in [-0.05, 0) is 5.56 Å². The first-order chi connectivity index (χ1) is 8.10. The average Bonchev–Trinajstić information content (AvgIpc) is 2.29. The second-order valence-electron chi connectivity index (χ2n) is 3.33. The fraction of sp³-hybridized carbons (Fsp3) is 0.273. The zero-order valence-corrected chi connectivity index (χ0v) is 9.89. The van der Waals surface area contributed by atoms with Crippen molar-refractivity contribution >= 4 is 10.0 Å². The lowest BCUT2D eigenvalue weighted by molar-refractivity contribution is 0.478. The van der Waals surface area contributed by atoms with Crippen molar-refractivity contribution in [3.63, 3.8) is 0 Å². The minimum atomic E-state index is -3.61. The Morgan fingerprint density at radius 1 is 1.06 bits per heavy atom. The largest absolute Gasteiger partial charge is 0.220 e. The van der Waals surface area contributed by atoms with Gasteiger partial charge < -0.3 is 0 Å². The maximum Gasteiger partial charge on any atom is 0.220 e. The molecule has 0 radical (unpaired) electrons. The van der Waals surface area contributed by atoms with Gasteiger partial charge in [-0.2, -0.15) is 14.8 Å². The Morgan fingerprint density at radius 2 is 1.59 bits per heavy atom. The number of nitrogens with zero attached hydrogens (tertiary/aromatic N) is 3. The lowest BCUT2D eigenvalue weighted by Gasteiger charge is -2.15. The summed E-state index contributed by atoms with van der Waals surface area (Å²) in [5, 5.41) is 17.1. The molecule has 0 aromatic heterocycles. The molecule has 1 aromatic rings. The molecule has 0 aliphatic heterocycles. The van der Waals surface area contributed by atoms with Crippen LogP contribution in [-0.4, -0.2) is 25.8 Å². The van der Waals surface area contributed by atoms with Gasteiger partial charge in [0.05, 0.1) is 17.9 Å². The summed E-state index contributed by atoms with van der Waals surface area (Å²) in [4.78, 5) is 0. The fourth-order valence-corrected chi connectivity index (χ4v) is 2.59. The van der Waals surface area contributed by atoms with Gasteiger partial charge in [-0.15, -0.1) is 0 Å². The summed E-state index contributed by atoms with van der Waals surface area (Å²) in [6.45, 7) is -0.606. The number of rotatable bonds is 5. The summed E-state index contributed by atoms with van der Waals surface area (Å²) < 4.78 is 24.7. The van der Waals surface area contributed by atoms with E-state index < -0.39 is 10.0 Å². The molecule has 0 bridgehead atoms. The van der Waals surface area contributed by atoms with Crippen LogP contribution in [0.3, 0.4) is 0 Å². The highest BCUT2D eigenvalue weighted by molar-refractivity contribution is 7.88. The van der Waals surface area contributed by atoms with Crippen molar-refractivity contribution in [2.24, 2.45) is 0 Å². The molecule has 0 heterocycles. The molecule has 0 N–H and O–H groups in total. The Labute approximate surface area is 101 Å². The van der Waals surface area contributed by atoms with Crippen molar-refractivity contribution < 1.29 is 8.42 Å². The number of hydrogen-bond donors (Lipinski definition) is 0. The monoisotopic (exact) mass is 249 g/mol. The van der Waals surface area contributed by atoms with Gasteiger partial charge in [0.25, 0.3) is 0 Å². The van der Waals surface area contributed by atoms with E-state index in [4.69, 9.17) is 10.5 Å². The van der Waals surface area contributed by atoms with Gasteiger partial charge in [0.15, 0.2) is 0 Å². The van der Waals surface area contributed by atoms with E-state index in [1.54, 1.807) is 42.5 Å². The lowest BCUT2D eigenvalue weighted by atomic mass is 10.2. The van der Waals surface area contributed by atoms with Crippen LogP contribution in [0.25, 0.3) is 0 Å². The average molecular weight is 249 g/mol. The summed E-state index contributed by atoms with van der Waals surface area (Å²) in [5.41, 5.74) is 0.633. The lowest BCUT2D eigenvalue weighted by Crippen LogP contribution is -2.32. The normalized spacial score (nSPS) is 10.8. The Bertz CT molecular complexity index is 524. The molecule has 0 aliphatic carbocycles. The van der Waals surface area contributed by atoms with Crippen LogP contribution in [0.1, 0.15) is 5.56 Å². The zero-order valence-electron chi connectivity index (χ0n) is 9.07. The van der Waals surface area contributed by atoms with Gasteiger partial charge in [0.2, 0.25) is 10.0 Å². The second kappa shape index (κ2) is 6.00. The molecule has 0 spiro atoms. The molecule has 0 fully saturated rings. The van der Waals surface area contributed by atoms with Gasteiger partial charge in [0, 0.05) is 0 Å². The summed E-state index contributed by atoms with van der Waals surface area (Å²) in [7, 11) is -3.61. The highest BCUT2D eigenvalue weighted by Gasteiger charge is 2.21. The van der Waals surface area contributed by atoms with Gasteiger partial charge in [0.1, 0.15) is 13.1 Å². The smallest absolute Gasteiger partial charge is 0.212 e. The van der Waals surface area contributed by atoms with Crippen LogP contribution >= 0.6 is 0 Å². The van der Waals surface area contributed by atoms with Crippen molar-refractivity contribution in [3.05, 3.63) is 35.9 Å². The van der Waals surface area contributed by atoms with E-state index in [-0.39, 0.29) is 18.8 Å². The van der Waals surface area contributed by atoms with E-state index in [0.717, 1.165) is 4.31 Å². The molecule has 1 aromatic carbocycles. The molecule has 0 atom stereocenters. The Kier molecular flexibility index (Phi) is 4.65. The number of sulfonamides is 1. The third-order valence-electron chi connectivity index (χ3n) is 2.08. The number of benzene rings is 1. The molecule has 17 heavy (non-hydrogen) atoms. The van der Waals surface area contributed by atoms with E-state index in [1.807, 2.05) is 0 Å². The summed E-state index contributed by atoms with van der Waals surface area (Å²) in [6.07, 6.45) is 0. The Balaban J connectivity index is 2.87. The van der Waals surface area contributed by atoms with Crippen LogP contribution in [0.5, 0.6) is 0 Å². The predicted molar refractivity (Wildman–Crippen MR) is 61.9 cm³/mol.